The van der Waals surface area contributed by atoms with Gasteiger partial charge in [0.15, 0.2) is 5.96 Å². The van der Waals surface area contributed by atoms with Crippen molar-refractivity contribution in [2.24, 2.45) is 4.99 Å². The van der Waals surface area contributed by atoms with Gasteiger partial charge in [-0.15, -0.1) is 10.2 Å². The largest absolute Gasteiger partial charge is 0.403 e. The van der Waals surface area contributed by atoms with Gasteiger partial charge in [0.2, 0.25) is 0 Å². The van der Waals surface area contributed by atoms with Gasteiger partial charge in [-0.1, -0.05) is 0 Å². The van der Waals surface area contributed by atoms with E-state index in [9.17, 15) is 13.2 Å². The van der Waals surface area contributed by atoms with Crippen LogP contribution >= 0.6 is 0 Å². The average molecular weight is 361 g/mol. The number of aryl methyl sites for hydroxylation is 1. The molecule has 142 valence electrons. The van der Waals surface area contributed by atoms with Crippen LogP contribution in [0, 0.1) is 0 Å². The Balaban J connectivity index is 1.68. The zero-order valence-corrected chi connectivity index (χ0v) is 14.7. The van der Waals surface area contributed by atoms with Gasteiger partial charge in [0.05, 0.1) is 0 Å². The van der Waals surface area contributed by atoms with Gasteiger partial charge in [-0.3, -0.25) is 9.89 Å². The minimum atomic E-state index is -4.17. The highest BCUT2D eigenvalue weighted by atomic mass is 19.4. The first-order chi connectivity index (χ1) is 11.9. The van der Waals surface area contributed by atoms with Crippen LogP contribution in [0.1, 0.15) is 19.8 Å². The van der Waals surface area contributed by atoms with Gasteiger partial charge < -0.3 is 14.8 Å². The molecule has 1 saturated heterocycles. The third kappa shape index (κ3) is 5.87. The van der Waals surface area contributed by atoms with E-state index in [2.05, 4.69) is 20.5 Å². The predicted molar refractivity (Wildman–Crippen MR) is 89.3 cm³/mol. The molecule has 1 N–H and O–H groups in total. The molecule has 0 aromatic carbocycles. The van der Waals surface area contributed by atoms with Crippen molar-refractivity contribution in [1.82, 2.24) is 29.9 Å². The van der Waals surface area contributed by atoms with Crippen molar-refractivity contribution < 1.29 is 13.2 Å². The molecule has 0 spiro atoms. The van der Waals surface area contributed by atoms with E-state index in [1.54, 1.807) is 19.7 Å². The van der Waals surface area contributed by atoms with Gasteiger partial charge in [0, 0.05) is 46.3 Å². The second kappa shape index (κ2) is 9.02. The van der Waals surface area contributed by atoms with Crippen LogP contribution in [0.3, 0.4) is 0 Å². The van der Waals surface area contributed by atoms with Crippen LogP contribution in [-0.4, -0.2) is 82.5 Å². The lowest BCUT2D eigenvalue weighted by atomic mass is 10.2. The van der Waals surface area contributed by atoms with Gasteiger partial charge in [-0.2, -0.15) is 13.2 Å². The summed E-state index contributed by atoms with van der Waals surface area (Å²) in [5, 5.41) is 10.8. The topological polar surface area (TPSA) is 61.6 Å². The fourth-order valence-corrected chi connectivity index (χ4v) is 2.82. The zero-order chi connectivity index (χ0) is 18.3. The molecule has 0 radical (unpaired) electrons. The molecule has 0 aliphatic carbocycles. The van der Waals surface area contributed by atoms with E-state index in [1.165, 1.54) is 11.8 Å². The minimum Gasteiger partial charge on any atom is -0.356 e. The number of rotatable bonds is 6. The molecule has 2 heterocycles. The number of piperazine rings is 1. The Kier molecular flexibility index (Phi) is 7.03. The molecule has 0 bridgehead atoms. The quantitative estimate of drug-likeness (QED) is 0.469. The number of hydrogen-bond acceptors (Lipinski definition) is 4. The molecule has 1 fully saturated rings. The van der Waals surface area contributed by atoms with Gasteiger partial charge >= 0.3 is 6.18 Å². The molecule has 7 nitrogen and oxygen atoms in total. The van der Waals surface area contributed by atoms with Crippen LogP contribution in [0.2, 0.25) is 0 Å². The van der Waals surface area contributed by atoms with Crippen molar-refractivity contribution >= 4 is 5.96 Å². The number of halogens is 3. The second-order valence-electron chi connectivity index (χ2n) is 6.12. The van der Waals surface area contributed by atoms with E-state index in [1.807, 2.05) is 9.47 Å². The first-order valence-corrected chi connectivity index (χ1v) is 8.50. The molecule has 1 aliphatic heterocycles. The van der Waals surface area contributed by atoms with Crippen molar-refractivity contribution in [1.29, 1.82) is 0 Å². The van der Waals surface area contributed by atoms with Gasteiger partial charge in [0.1, 0.15) is 18.7 Å². The van der Waals surface area contributed by atoms with Crippen LogP contribution in [-0.2, 0) is 6.54 Å². The summed E-state index contributed by atoms with van der Waals surface area (Å²) in [6.45, 7) is 4.71. The highest BCUT2D eigenvalue weighted by Gasteiger charge is 2.41. The summed E-state index contributed by atoms with van der Waals surface area (Å²) in [5.74, 6) is 0.753. The number of aliphatic imine (C=N–C) groups is 1. The third-order valence-electron chi connectivity index (χ3n) is 4.44. The first kappa shape index (κ1) is 19.5. The number of guanidine groups is 1. The van der Waals surface area contributed by atoms with Gasteiger partial charge in [0.25, 0.3) is 0 Å². The summed E-state index contributed by atoms with van der Waals surface area (Å²) < 4.78 is 40.3. The fourth-order valence-electron chi connectivity index (χ4n) is 2.82. The molecule has 0 amide bonds. The molecule has 0 saturated carbocycles. The number of unbranched alkanes of at least 4 members (excludes halogenated alkanes) is 1. The number of nitrogens with one attached hydrogen (secondary N) is 1. The van der Waals surface area contributed by atoms with Crippen LogP contribution in [0.4, 0.5) is 13.2 Å². The maximum atomic E-state index is 12.8. The Morgan fingerprint density at radius 3 is 2.36 bits per heavy atom. The molecule has 2 rings (SSSR count). The smallest absolute Gasteiger partial charge is 0.356 e. The molecule has 1 atom stereocenters. The third-order valence-corrected chi connectivity index (χ3v) is 4.44. The standard InChI is InChI=1S/C15H26F3N7/c1-13(15(16,17)18)24-7-9-25(10-8-24)14(19-2)20-5-3-4-6-23-11-21-22-12-23/h11-13H,3-10H2,1-2H3,(H,19,20). The van der Waals surface area contributed by atoms with E-state index in [-0.39, 0.29) is 0 Å². The Morgan fingerprint density at radius 1 is 1.16 bits per heavy atom. The lowest BCUT2D eigenvalue weighted by Crippen LogP contribution is -2.56. The van der Waals surface area contributed by atoms with Crippen molar-refractivity contribution in [2.75, 3.05) is 39.8 Å². The molecule has 1 unspecified atom stereocenters. The van der Waals surface area contributed by atoms with E-state index in [0.29, 0.717) is 26.2 Å². The van der Waals surface area contributed by atoms with E-state index in [0.717, 1.165) is 31.9 Å². The summed E-state index contributed by atoms with van der Waals surface area (Å²) in [6, 6.07) is -1.40. The number of aromatic nitrogens is 3. The first-order valence-electron chi connectivity index (χ1n) is 8.50. The molecule has 25 heavy (non-hydrogen) atoms. The van der Waals surface area contributed by atoms with Gasteiger partial charge in [-0.25, -0.2) is 0 Å². The monoisotopic (exact) mass is 361 g/mol. The van der Waals surface area contributed by atoms with Crippen LogP contribution in [0.5, 0.6) is 0 Å². The Labute approximate surface area is 145 Å². The van der Waals surface area contributed by atoms with Gasteiger partial charge in [-0.05, 0) is 19.8 Å². The highest BCUT2D eigenvalue weighted by Crippen LogP contribution is 2.25. The Morgan fingerprint density at radius 2 is 1.80 bits per heavy atom. The van der Waals surface area contributed by atoms with Crippen molar-refractivity contribution in [3.8, 4) is 0 Å². The minimum absolute atomic E-state index is 0.384. The SMILES string of the molecule is CN=C(NCCCCn1cnnc1)N1CCN(C(C)C(F)(F)F)CC1. The second-order valence-corrected chi connectivity index (χ2v) is 6.12. The lowest BCUT2D eigenvalue weighted by Gasteiger charge is -2.39. The maximum absolute atomic E-state index is 12.8. The normalized spacial score (nSPS) is 18.4. The number of nitrogens with zero attached hydrogens (tertiary/aromatic N) is 6. The van der Waals surface area contributed by atoms with Crippen LogP contribution < -0.4 is 5.32 Å². The number of alkyl halides is 3. The summed E-state index contributed by atoms with van der Waals surface area (Å²) in [7, 11) is 1.70. The molecule has 1 aromatic heterocycles. The average Bonchev–Trinajstić information content (AvgIpc) is 3.10. The summed E-state index contributed by atoms with van der Waals surface area (Å²) in [5.41, 5.74) is 0. The summed E-state index contributed by atoms with van der Waals surface area (Å²) in [6.07, 6.45) is 1.15. The lowest BCUT2D eigenvalue weighted by molar-refractivity contribution is -0.181. The molecular weight excluding hydrogens is 335 g/mol. The Hall–Kier alpha value is -1.84. The molecule has 1 aromatic rings. The van der Waals surface area contributed by atoms with Crippen molar-refractivity contribution in [3.05, 3.63) is 12.7 Å². The van der Waals surface area contributed by atoms with E-state index < -0.39 is 12.2 Å². The Bertz CT molecular complexity index is 522. The van der Waals surface area contributed by atoms with E-state index in [4.69, 9.17) is 0 Å². The van der Waals surface area contributed by atoms with Crippen molar-refractivity contribution in [2.45, 2.75) is 38.5 Å². The molecule has 1 aliphatic rings. The molecular formula is C15H26F3N7. The van der Waals surface area contributed by atoms with E-state index >= 15 is 0 Å². The summed E-state index contributed by atoms with van der Waals surface area (Å²) >= 11 is 0. The highest BCUT2D eigenvalue weighted by molar-refractivity contribution is 5.79. The zero-order valence-electron chi connectivity index (χ0n) is 14.7. The van der Waals surface area contributed by atoms with Crippen LogP contribution in [0.15, 0.2) is 17.6 Å². The summed E-state index contributed by atoms with van der Waals surface area (Å²) in [4.78, 5) is 7.73. The maximum Gasteiger partial charge on any atom is 0.403 e. The fraction of sp³-hybridized carbons (Fsp3) is 0.800. The predicted octanol–water partition coefficient (Wildman–Crippen LogP) is 1.20. The van der Waals surface area contributed by atoms with Crippen LogP contribution in [0.25, 0.3) is 0 Å². The van der Waals surface area contributed by atoms with Crippen molar-refractivity contribution in [3.63, 3.8) is 0 Å². The number of hydrogen-bond donors (Lipinski definition) is 1. The molecule has 10 heteroatoms.